The largest absolute Gasteiger partial charge is 0.495 e. The highest BCUT2D eigenvalue weighted by molar-refractivity contribution is 7.92. The molecule has 2 amide bonds. The molecule has 0 aliphatic rings. The summed E-state index contributed by atoms with van der Waals surface area (Å²) in [5.41, 5.74) is 2.98. The van der Waals surface area contributed by atoms with Gasteiger partial charge in [0.05, 0.1) is 19.1 Å². The van der Waals surface area contributed by atoms with Gasteiger partial charge in [0.2, 0.25) is 21.8 Å². The third-order valence-corrected chi connectivity index (χ3v) is 6.58. The van der Waals surface area contributed by atoms with Crippen LogP contribution in [0.1, 0.15) is 37.0 Å². The van der Waals surface area contributed by atoms with Crippen molar-refractivity contribution in [1.82, 2.24) is 10.2 Å². The van der Waals surface area contributed by atoms with Crippen LogP contribution >= 0.6 is 0 Å². The number of hydrogen-bond donors (Lipinski definition) is 1. The zero-order valence-corrected chi connectivity index (χ0v) is 21.6. The van der Waals surface area contributed by atoms with E-state index in [9.17, 15) is 18.0 Å². The van der Waals surface area contributed by atoms with Crippen molar-refractivity contribution >= 4 is 27.5 Å². The number of ether oxygens (including phenoxy) is 1. The van der Waals surface area contributed by atoms with Crippen molar-refractivity contribution in [3.63, 3.8) is 0 Å². The van der Waals surface area contributed by atoms with E-state index in [-0.39, 0.29) is 18.1 Å². The third-order valence-electron chi connectivity index (χ3n) is 5.45. The summed E-state index contributed by atoms with van der Waals surface area (Å²) in [6.45, 7) is 7.57. The Morgan fingerprint density at radius 1 is 1.06 bits per heavy atom. The summed E-state index contributed by atoms with van der Waals surface area (Å²) in [5.74, 6) is -0.413. The Morgan fingerprint density at radius 3 is 2.29 bits per heavy atom. The maximum absolute atomic E-state index is 13.7. The molecular formula is C25H35N3O5S. The number of nitrogens with zero attached hydrogens (tertiary/aromatic N) is 2. The molecule has 0 bridgehead atoms. The fourth-order valence-electron chi connectivity index (χ4n) is 3.81. The van der Waals surface area contributed by atoms with Crippen LogP contribution < -0.4 is 14.4 Å². The minimum absolute atomic E-state index is 0.179. The zero-order chi connectivity index (χ0) is 25.5. The molecule has 0 aliphatic carbocycles. The van der Waals surface area contributed by atoms with Gasteiger partial charge in [0, 0.05) is 13.1 Å². The van der Waals surface area contributed by atoms with Crippen LogP contribution in [0, 0.1) is 13.8 Å². The number of carbonyl (C=O) groups is 2. The summed E-state index contributed by atoms with van der Waals surface area (Å²) in [5, 5.41) is 2.79. The molecule has 2 aromatic rings. The SMILES string of the molecule is CCNC(=O)[C@H](CC)N(Cc1cccc(C)c1)C(=O)CN(c1cc(C)ccc1OC)S(C)(=O)=O. The lowest BCUT2D eigenvalue weighted by Gasteiger charge is -2.33. The lowest BCUT2D eigenvalue weighted by atomic mass is 10.1. The number of anilines is 1. The predicted octanol–water partition coefficient (Wildman–Crippen LogP) is 3.02. The van der Waals surface area contributed by atoms with Crippen molar-refractivity contribution in [2.24, 2.45) is 0 Å². The first-order valence-corrected chi connectivity index (χ1v) is 13.1. The van der Waals surface area contributed by atoms with Crippen molar-refractivity contribution in [2.45, 2.75) is 46.7 Å². The second-order valence-electron chi connectivity index (χ2n) is 8.27. The summed E-state index contributed by atoms with van der Waals surface area (Å²) in [4.78, 5) is 27.9. The number of amides is 2. The average molecular weight is 490 g/mol. The number of likely N-dealkylation sites (N-methyl/N-ethyl adjacent to an activating group) is 1. The molecule has 0 heterocycles. The van der Waals surface area contributed by atoms with Crippen LogP contribution in [0.2, 0.25) is 0 Å². The van der Waals surface area contributed by atoms with Gasteiger partial charge in [-0.05, 0) is 50.5 Å². The van der Waals surface area contributed by atoms with E-state index in [1.165, 1.54) is 12.0 Å². The molecular weight excluding hydrogens is 454 g/mol. The van der Waals surface area contributed by atoms with E-state index in [1.807, 2.05) is 52.0 Å². The van der Waals surface area contributed by atoms with Gasteiger partial charge >= 0.3 is 0 Å². The third kappa shape index (κ3) is 6.96. The molecule has 0 unspecified atom stereocenters. The van der Waals surface area contributed by atoms with Crippen molar-refractivity contribution in [1.29, 1.82) is 0 Å². The van der Waals surface area contributed by atoms with Gasteiger partial charge in [0.1, 0.15) is 18.3 Å². The highest BCUT2D eigenvalue weighted by Crippen LogP contribution is 2.31. The van der Waals surface area contributed by atoms with Crippen LogP contribution in [0.4, 0.5) is 5.69 Å². The smallest absolute Gasteiger partial charge is 0.244 e. The van der Waals surface area contributed by atoms with Gasteiger partial charge in [-0.1, -0.05) is 42.8 Å². The van der Waals surface area contributed by atoms with Crippen molar-refractivity contribution in [3.05, 3.63) is 59.2 Å². The fraction of sp³-hybridized carbons (Fsp3) is 0.440. The molecule has 186 valence electrons. The molecule has 1 N–H and O–H groups in total. The Kier molecular flexibility index (Phi) is 9.49. The van der Waals surface area contributed by atoms with E-state index < -0.39 is 28.5 Å². The number of hydrogen-bond acceptors (Lipinski definition) is 5. The maximum Gasteiger partial charge on any atom is 0.244 e. The number of carbonyl (C=O) groups excluding carboxylic acids is 2. The standard InChI is InChI=1S/C25H35N3O5S/c1-7-21(25(30)26-8-2)27(16-20-11-9-10-18(3)14-20)24(29)17-28(34(6,31)32)22-15-19(4)12-13-23(22)33-5/h9-15,21H,7-8,16-17H2,1-6H3,(H,26,30)/t21-/m0/s1. The highest BCUT2D eigenvalue weighted by Gasteiger charge is 2.32. The summed E-state index contributed by atoms with van der Waals surface area (Å²) in [6, 6.07) is 12.1. The first-order chi connectivity index (χ1) is 16.0. The van der Waals surface area contributed by atoms with Crippen LogP contribution in [0.3, 0.4) is 0 Å². The molecule has 0 spiro atoms. The molecule has 0 saturated heterocycles. The molecule has 34 heavy (non-hydrogen) atoms. The first-order valence-electron chi connectivity index (χ1n) is 11.3. The van der Waals surface area contributed by atoms with Crippen LogP contribution in [-0.4, -0.2) is 57.6 Å². The maximum atomic E-state index is 13.7. The van der Waals surface area contributed by atoms with Gasteiger partial charge in [-0.15, -0.1) is 0 Å². The van der Waals surface area contributed by atoms with Crippen LogP contribution in [0.15, 0.2) is 42.5 Å². The summed E-state index contributed by atoms with van der Waals surface area (Å²) >= 11 is 0. The number of nitrogens with one attached hydrogen (secondary N) is 1. The molecule has 0 fully saturated rings. The molecule has 0 radical (unpaired) electrons. The van der Waals surface area contributed by atoms with Crippen LogP contribution in [0.5, 0.6) is 5.75 Å². The van der Waals surface area contributed by atoms with Gasteiger partial charge in [0.25, 0.3) is 0 Å². The Morgan fingerprint density at radius 2 is 1.74 bits per heavy atom. The number of benzene rings is 2. The molecule has 1 atom stereocenters. The Balaban J connectivity index is 2.51. The lowest BCUT2D eigenvalue weighted by molar-refractivity contribution is -0.140. The van der Waals surface area contributed by atoms with Crippen LogP contribution in [0.25, 0.3) is 0 Å². The lowest BCUT2D eigenvalue weighted by Crippen LogP contribution is -2.52. The minimum atomic E-state index is -3.83. The van der Waals surface area contributed by atoms with E-state index in [0.717, 1.165) is 27.3 Å². The Bertz CT molecular complexity index is 1120. The van der Waals surface area contributed by atoms with E-state index >= 15 is 0 Å². The van der Waals surface area contributed by atoms with Gasteiger partial charge in [0.15, 0.2) is 0 Å². The number of sulfonamides is 1. The monoisotopic (exact) mass is 489 g/mol. The summed E-state index contributed by atoms with van der Waals surface area (Å²) in [6.07, 6.45) is 1.43. The highest BCUT2D eigenvalue weighted by atomic mass is 32.2. The van der Waals surface area contributed by atoms with Crippen LogP contribution in [-0.2, 0) is 26.2 Å². The van der Waals surface area contributed by atoms with Crippen molar-refractivity contribution in [3.8, 4) is 5.75 Å². The summed E-state index contributed by atoms with van der Waals surface area (Å²) in [7, 11) is -2.39. The molecule has 2 aromatic carbocycles. The number of aryl methyl sites for hydroxylation is 2. The Hall–Kier alpha value is -3.07. The molecule has 9 heteroatoms. The van der Waals surface area contributed by atoms with E-state index in [0.29, 0.717) is 18.7 Å². The molecule has 0 aliphatic heterocycles. The van der Waals surface area contributed by atoms with Gasteiger partial charge in [-0.25, -0.2) is 8.42 Å². The molecule has 2 rings (SSSR count). The summed E-state index contributed by atoms with van der Waals surface area (Å²) < 4.78 is 31.9. The van der Waals surface area contributed by atoms with Gasteiger partial charge in [-0.2, -0.15) is 0 Å². The topological polar surface area (TPSA) is 96.0 Å². The van der Waals surface area contributed by atoms with Gasteiger partial charge < -0.3 is 15.0 Å². The van der Waals surface area contributed by atoms with E-state index in [2.05, 4.69) is 5.32 Å². The molecule has 0 aromatic heterocycles. The normalized spacial score (nSPS) is 12.1. The van der Waals surface area contributed by atoms with E-state index in [4.69, 9.17) is 4.74 Å². The second-order valence-corrected chi connectivity index (χ2v) is 10.2. The van der Waals surface area contributed by atoms with Crippen molar-refractivity contribution in [2.75, 3.05) is 30.8 Å². The number of methoxy groups -OCH3 is 1. The first kappa shape index (κ1) is 27.2. The average Bonchev–Trinajstić information content (AvgIpc) is 2.76. The minimum Gasteiger partial charge on any atom is -0.495 e. The predicted molar refractivity (Wildman–Crippen MR) is 134 cm³/mol. The quantitative estimate of drug-likeness (QED) is 0.523. The molecule has 8 nitrogen and oxygen atoms in total. The fourth-order valence-corrected chi connectivity index (χ4v) is 4.65. The Labute approximate surface area is 202 Å². The van der Waals surface area contributed by atoms with Gasteiger partial charge in [-0.3, -0.25) is 13.9 Å². The second kappa shape index (κ2) is 11.9. The molecule has 0 saturated carbocycles. The van der Waals surface area contributed by atoms with Crippen molar-refractivity contribution < 1.29 is 22.7 Å². The number of rotatable bonds is 11. The zero-order valence-electron chi connectivity index (χ0n) is 20.8. The van der Waals surface area contributed by atoms with E-state index in [1.54, 1.807) is 18.2 Å².